The van der Waals surface area contributed by atoms with Gasteiger partial charge in [-0.2, -0.15) is 13.2 Å². The second kappa shape index (κ2) is 8.57. The molecular formula is C19H19F3N2O3. The second-order valence-corrected chi connectivity index (χ2v) is 5.92. The van der Waals surface area contributed by atoms with Crippen molar-refractivity contribution in [2.45, 2.75) is 18.6 Å². The van der Waals surface area contributed by atoms with E-state index >= 15 is 0 Å². The number of carbonyl (C=O) groups excluding carboxylic acids is 2. The van der Waals surface area contributed by atoms with E-state index in [-0.39, 0.29) is 12.2 Å². The molecule has 0 spiro atoms. The maximum atomic E-state index is 12.7. The summed E-state index contributed by atoms with van der Waals surface area (Å²) in [4.78, 5) is 25.1. The molecule has 2 rings (SSSR count). The predicted octanol–water partition coefficient (Wildman–Crippen LogP) is 3.16. The molecule has 0 aromatic heterocycles. The summed E-state index contributed by atoms with van der Waals surface area (Å²) >= 11 is 0. The smallest absolute Gasteiger partial charge is 0.416 e. The number of nitrogens with two attached hydrogens (primary N) is 1. The number of hydrogen-bond donors (Lipinski definition) is 1. The molecule has 0 heterocycles. The van der Waals surface area contributed by atoms with Crippen LogP contribution in [0.15, 0.2) is 54.6 Å². The Morgan fingerprint density at radius 2 is 1.78 bits per heavy atom. The Bertz CT molecular complexity index is 794. The number of likely N-dealkylation sites (N-methyl/N-ethyl adjacent to an activating group) is 1. The lowest BCUT2D eigenvalue weighted by atomic mass is 10.0. The molecule has 5 nitrogen and oxygen atoms in total. The van der Waals surface area contributed by atoms with E-state index in [9.17, 15) is 22.8 Å². The highest BCUT2D eigenvalue weighted by atomic mass is 19.4. The van der Waals surface area contributed by atoms with Crippen molar-refractivity contribution in [1.29, 1.82) is 0 Å². The summed E-state index contributed by atoms with van der Waals surface area (Å²) in [6.07, 6.45) is -4.59. The van der Waals surface area contributed by atoms with Crippen LogP contribution in [0.2, 0.25) is 0 Å². The van der Waals surface area contributed by atoms with E-state index in [2.05, 4.69) is 0 Å². The standard InChI is InChI=1S/C19H19F3N2O3/c1-24(16(11-17(23)25)13-6-3-2-4-7-13)18(26)12-27-15-9-5-8-14(10-15)19(20,21)22/h2-10,16H,11-12H2,1H3,(H2,23,25)/t16-/m1/s1. The summed E-state index contributed by atoms with van der Waals surface area (Å²) in [5, 5.41) is 0. The number of ether oxygens (including phenoxy) is 1. The summed E-state index contributed by atoms with van der Waals surface area (Å²) < 4.78 is 43.4. The molecule has 2 amide bonds. The topological polar surface area (TPSA) is 72.6 Å². The molecular weight excluding hydrogens is 361 g/mol. The molecule has 0 aliphatic rings. The Labute approximate surface area is 154 Å². The van der Waals surface area contributed by atoms with Gasteiger partial charge in [-0.15, -0.1) is 0 Å². The summed E-state index contributed by atoms with van der Waals surface area (Å²) in [6.45, 7) is -0.472. The van der Waals surface area contributed by atoms with E-state index in [0.717, 1.165) is 12.1 Å². The maximum Gasteiger partial charge on any atom is 0.416 e. The van der Waals surface area contributed by atoms with Gasteiger partial charge in [-0.05, 0) is 23.8 Å². The number of nitrogens with zero attached hydrogens (tertiary/aromatic N) is 1. The molecule has 0 saturated carbocycles. The van der Waals surface area contributed by atoms with Crippen LogP contribution in [0.3, 0.4) is 0 Å². The van der Waals surface area contributed by atoms with Crippen LogP contribution in [-0.2, 0) is 15.8 Å². The molecule has 0 unspecified atom stereocenters. The maximum absolute atomic E-state index is 12.7. The molecule has 0 aliphatic carbocycles. The van der Waals surface area contributed by atoms with E-state index in [1.54, 1.807) is 30.3 Å². The number of primary amides is 1. The first-order chi connectivity index (χ1) is 12.7. The van der Waals surface area contributed by atoms with Gasteiger partial charge in [-0.25, -0.2) is 0 Å². The van der Waals surface area contributed by atoms with E-state index in [1.807, 2.05) is 0 Å². The third kappa shape index (κ3) is 5.73. The van der Waals surface area contributed by atoms with Gasteiger partial charge in [-0.1, -0.05) is 36.4 Å². The first-order valence-corrected chi connectivity index (χ1v) is 8.07. The van der Waals surface area contributed by atoms with E-state index in [0.29, 0.717) is 5.56 Å². The Hall–Kier alpha value is -3.03. The fourth-order valence-electron chi connectivity index (χ4n) is 2.53. The van der Waals surface area contributed by atoms with Crippen LogP contribution in [-0.4, -0.2) is 30.4 Å². The Morgan fingerprint density at radius 1 is 1.11 bits per heavy atom. The lowest BCUT2D eigenvalue weighted by Crippen LogP contribution is -2.36. The summed E-state index contributed by atoms with van der Waals surface area (Å²) in [6, 6.07) is 12.5. The third-order valence-corrected chi connectivity index (χ3v) is 3.96. The van der Waals surface area contributed by atoms with Gasteiger partial charge in [0.2, 0.25) is 5.91 Å². The predicted molar refractivity (Wildman–Crippen MR) is 92.7 cm³/mol. The van der Waals surface area contributed by atoms with Crippen LogP contribution in [0.25, 0.3) is 0 Å². The Balaban J connectivity index is 2.08. The minimum absolute atomic E-state index is 0.0715. The van der Waals surface area contributed by atoms with Crippen LogP contribution in [0.5, 0.6) is 5.75 Å². The summed E-state index contributed by atoms with van der Waals surface area (Å²) in [5.74, 6) is -1.15. The van der Waals surface area contributed by atoms with Crippen LogP contribution < -0.4 is 10.5 Å². The molecule has 0 bridgehead atoms. The number of carbonyl (C=O) groups is 2. The lowest BCUT2D eigenvalue weighted by molar-refractivity contribution is -0.137. The zero-order valence-corrected chi connectivity index (χ0v) is 14.6. The van der Waals surface area contributed by atoms with E-state index < -0.39 is 36.2 Å². The first-order valence-electron chi connectivity index (χ1n) is 8.07. The van der Waals surface area contributed by atoms with Gasteiger partial charge in [-0.3, -0.25) is 9.59 Å². The molecule has 0 saturated heterocycles. The van der Waals surface area contributed by atoms with Gasteiger partial charge in [0.25, 0.3) is 5.91 Å². The number of hydrogen-bond acceptors (Lipinski definition) is 3. The molecule has 0 fully saturated rings. The average Bonchev–Trinajstić information content (AvgIpc) is 2.63. The highest BCUT2D eigenvalue weighted by molar-refractivity contribution is 5.80. The van der Waals surface area contributed by atoms with Gasteiger partial charge >= 0.3 is 6.18 Å². The van der Waals surface area contributed by atoms with Gasteiger partial charge < -0.3 is 15.4 Å². The Kier molecular flexibility index (Phi) is 6.44. The summed E-state index contributed by atoms with van der Waals surface area (Å²) in [7, 11) is 1.48. The monoisotopic (exact) mass is 380 g/mol. The fourth-order valence-corrected chi connectivity index (χ4v) is 2.53. The summed E-state index contributed by atoms with van der Waals surface area (Å²) in [5.41, 5.74) is 5.13. The normalized spacial score (nSPS) is 12.3. The molecule has 144 valence electrons. The minimum atomic E-state index is -4.50. The van der Waals surface area contributed by atoms with E-state index in [4.69, 9.17) is 10.5 Å². The number of benzene rings is 2. The fraction of sp³-hybridized carbons (Fsp3) is 0.263. The molecule has 0 aliphatic heterocycles. The van der Waals surface area contributed by atoms with Gasteiger partial charge in [0, 0.05) is 7.05 Å². The number of rotatable bonds is 7. The largest absolute Gasteiger partial charge is 0.484 e. The van der Waals surface area contributed by atoms with Crippen LogP contribution in [0.4, 0.5) is 13.2 Å². The van der Waals surface area contributed by atoms with Gasteiger partial charge in [0.1, 0.15) is 5.75 Å². The van der Waals surface area contributed by atoms with Crippen molar-refractivity contribution in [2.75, 3.05) is 13.7 Å². The van der Waals surface area contributed by atoms with Crippen molar-refractivity contribution in [3.05, 3.63) is 65.7 Å². The van der Waals surface area contributed by atoms with Crippen molar-refractivity contribution >= 4 is 11.8 Å². The van der Waals surface area contributed by atoms with Crippen molar-refractivity contribution < 1.29 is 27.5 Å². The van der Waals surface area contributed by atoms with Crippen molar-refractivity contribution in [2.24, 2.45) is 5.73 Å². The van der Waals surface area contributed by atoms with Crippen molar-refractivity contribution in [1.82, 2.24) is 4.90 Å². The molecule has 1 atom stereocenters. The zero-order chi connectivity index (χ0) is 20.0. The number of alkyl halides is 3. The van der Waals surface area contributed by atoms with Crippen LogP contribution in [0, 0.1) is 0 Å². The molecule has 0 radical (unpaired) electrons. The quantitative estimate of drug-likeness (QED) is 0.802. The lowest BCUT2D eigenvalue weighted by Gasteiger charge is -2.28. The van der Waals surface area contributed by atoms with Gasteiger partial charge in [0.15, 0.2) is 6.61 Å². The highest BCUT2D eigenvalue weighted by Gasteiger charge is 2.30. The van der Waals surface area contributed by atoms with Crippen LogP contribution >= 0.6 is 0 Å². The van der Waals surface area contributed by atoms with Gasteiger partial charge in [0.05, 0.1) is 18.0 Å². The van der Waals surface area contributed by atoms with Crippen molar-refractivity contribution in [3.63, 3.8) is 0 Å². The van der Waals surface area contributed by atoms with Crippen molar-refractivity contribution in [3.8, 4) is 5.75 Å². The highest BCUT2D eigenvalue weighted by Crippen LogP contribution is 2.31. The Morgan fingerprint density at radius 3 is 2.37 bits per heavy atom. The number of halogens is 3. The molecule has 2 aromatic rings. The second-order valence-electron chi connectivity index (χ2n) is 5.92. The SMILES string of the molecule is CN(C(=O)COc1cccc(C(F)(F)F)c1)[C@H](CC(N)=O)c1ccccc1. The molecule has 2 N–H and O–H groups in total. The first kappa shape index (κ1) is 20.3. The van der Waals surface area contributed by atoms with E-state index in [1.165, 1.54) is 24.1 Å². The molecule has 2 aromatic carbocycles. The molecule has 27 heavy (non-hydrogen) atoms. The number of amides is 2. The third-order valence-electron chi connectivity index (χ3n) is 3.96. The minimum Gasteiger partial charge on any atom is -0.484 e. The molecule has 8 heteroatoms. The average molecular weight is 380 g/mol. The zero-order valence-electron chi connectivity index (χ0n) is 14.6. The van der Waals surface area contributed by atoms with Crippen LogP contribution in [0.1, 0.15) is 23.6 Å².